The van der Waals surface area contributed by atoms with Gasteiger partial charge in [-0.3, -0.25) is 4.79 Å². The third kappa shape index (κ3) is 2.49. The van der Waals surface area contributed by atoms with Gasteiger partial charge in [0.05, 0.1) is 6.33 Å². The lowest BCUT2D eigenvalue weighted by atomic mass is 9.90. The van der Waals surface area contributed by atoms with Gasteiger partial charge >= 0.3 is 0 Å². The van der Waals surface area contributed by atoms with E-state index in [0.717, 1.165) is 19.3 Å². The summed E-state index contributed by atoms with van der Waals surface area (Å²) in [6, 6.07) is 0.250. The van der Waals surface area contributed by atoms with Crippen molar-refractivity contribution in [1.82, 2.24) is 14.5 Å². The number of aryl methyl sites for hydroxylation is 1. The Morgan fingerprint density at radius 1 is 1.53 bits per heavy atom. The number of carbonyl (C=O) groups is 1. The van der Waals surface area contributed by atoms with Gasteiger partial charge in [0.1, 0.15) is 5.69 Å². The molecule has 0 aromatic carbocycles. The smallest absolute Gasteiger partial charge is 0.274 e. The Kier molecular flexibility index (Phi) is 3.47. The highest BCUT2D eigenvalue weighted by Crippen LogP contribution is 2.22. The Morgan fingerprint density at radius 3 is 2.82 bits per heavy atom. The minimum absolute atomic E-state index is 0.0343. The first kappa shape index (κ1) is 12.1. The van der Waals surface area contributed by atoms with Gasteiger partial charge in [0.2, 0.25) is 0 Å². The summed E-state index contributed by atoms with van der Waals surface area (Å²) >= 11 is 0. The van der Waals surface area contributed by atoms with Crippen LogP contribution in [0.3, 0.4) is 0 Å². The molecular formula is C12H20N4O. The highest BCUT2D eigenvalue weighted by molar-refractivity contribution is 5.92. The van der Waals surface area contributed by atoms with E-state index in [1.165, 1.54) is 6.42 Å². The van der Waals surface area contributed by atoms with Crippen molar-refractivity contribution in [3.8, 4) is 0 Å². The van der Waals surface area contributed by atoms with Crippen molar-refractivity contribution < 1.29 is 4.79 Å². The van der Waals surface area contributed by atoms with Gasteiger partial charge in [-0.15, -0.1) is 0 Å². The van der Waals surface area contributed by atoms with Crippen molar-refractivity contribution >= 4 is 5.91 Å². The molecule has 5 heteroatoms. The number of amides is 1. The molecule has 1 aliphatic rings. The first-order chi connectivity index (χ1) is 8.09. The van der Waals surface area contributed by atoms with Crippen molar-refractivity contribution in [2.24, 2.45) is 12.8 Å². The van der Waals surface area contributed by atoms with Crippen LogP contribution in [-0.4, -0.2) is 39.5 Å². The lowest BCUT2D eigenvalue weighted by molar-refractivity contribution is 0.0666. The number of carbonyl (C=O) groups excluding carboxylic acids is 1. The fraction of sp³-hybridized carbons (Fsp3) is 0.667. The number of nitrogens with zero attached hydrogens (tertiary/aromatic N) is 3. The molecule has 0 bridgehead atoms. The molecule has 0 radical (unpaired) electrons. The monoisotopic (exact) mass is 236 g/mol. The largest absolute Gasteiger partial charge is 0.340 e. The summed E-state index contributed by atoms with van der Waals surface area (Å²) in [7, 11) is 3.68. The fourth-order valence-electron chi connectivity index (χ4n) is 2.48. The molecule has 1 heterocycles. The molecule has 0 saturated heterocycles. The molecular weight excluding hydrogens is 216 g/mol. The maximum absolute atomic E-state index is 12.2. The maximum Gasteiger partial charge on any atom is 0.274 e. The number of aromatic nitrogens is 2. The van der Waals surface area contributed by atoms with Gasteiger partial charge in [0, 0.05) is 32.4 Å². The van der Waals surface area contributed by atoms with Gasteiger partial charge in [0.25, 0.3) is 5.91 Å². The molecule has 1 amide bonds. The van der Waals surface area contributed by atoms with Crippen LogP contribution in [0.15, 0.2) is 12.5 Å². The van der Waals surface area contributed by atoms with Gasteiger partial charge in [-0.1, -0.05) is 12.8 Å². The molecule has 2 N–H and O–H groups in total. The van der Waals surface area contributed by atoms with E-state index in [0.29, 0.717) is 5.69 Å². The summed E-state index contributed by atoms with van der Waals surface area (Å²) in [6.07, 6.45) is 7.71. The number of hydrogen-bond acceptors (Lipinski definition) is 3. The van der Waals surface area contributed by atoms with E-state index in [4.69, 9.17) is 5.73 Å². The number of rotatable bonds is 2. The zero-order valence-electron chi connectivity index (χ0n) is 10.5. The number of imidazole rings is 1. The molecule has 2 unspecified atom stereocenters. The van der Waals surface area contributed by atoms with Crippen LogP contribution in [0, 0.1) is 0 Å². The first-order valence-corrected chi connectivity index (χ1v) is 6.10. The third-order valence-corrected chi connectivity index (χ3v) is 3.52. The summed E-state index contributed by atoms with van der Waals surface area (Å²) in [4.78, 5) is 18.0. The van der Waals surface area contributed by atoms with E-state index in [1.807, 2.05) is 14.1 Å². The Balaban J connectivity index is 2.08. The van der Waals surface area contributed by atoms with Crippen molar-refractivity contribution in [3.05, 3.63) is 18.2 Å². The Bertz CT molecular complexity index is 401. The predicted octanol–water partition coefficient (Wildman–Crippen LogP) is 0.762. The average Bonchev–Trinajstić information content (AvgIpc) is 2.75. The number of likely N-dealkylation sites (N-methyl/N-ethyl adjacent to an activating group) is 1. The SMILES string of the molecule is CN(C(=O)c1cn(C)cn1)C1CCCCC1N. The second-order valence-electron chi connectivity index (χ2n) is 4.86. The van der Waals surface area contributed by atoms with Crippen LogP contribution in [-0.2, 0) is 7.05 Å². The highest BCUT2D eigenvalue weighted by atomic mass is 16.2. The molecule has 1 aliphatic carbocycles. The Morgan fingerprint density at radius 2 is 2.24 bits per heavy atom. The third-order valence-electron chi connectivity index (χ3n) is 3.52. The lowest BCUT2D eigenvalue weighted by Crippen LogP contribution is -2.50. The molecule has 5 nitrogen and oxygen atoms in total. The molecule has 1 fully saturated rings. The van der Waals surface area contributed by atoms with Crippen LogP contribution >= 0.6 is 0 Å². The van der Waals surface area contributed by atoms with E-state index >= 15 is 0 Å². The standard InChI is InChI=1S/C12H20N4O/c1-15-7-10(14-8-15)12(17)16(2)11-6-4-3-5-9(11)13/h7-9,11H,3-6,13H2,1-2H3. The fourth-order valence-corrected chi connectivity index (χ4v) is 2.48. The molecule has 0 aliphatic heterocycles. The van der Waals surface area contributed by atoms with E-state index in [9.17, 15) is 4.79 Å². The van der Waals surface area contributed by atoms with Crippen molar-refractivity contribution in [3.63, 3.8) is 0 Å². The molecule has 1 aromatic rings. The minimum atomic E-state index is -0.0343. The van der Waals surface area contributed by atoms with Crippen molar-refractivity contribution in [2.45, 2.75) is 37.8 Å². The average molecular weight is 236 g/mol. The van der Waals surface area contributed by atoms with Crippen molar-refractivity contribution in [1.29, 1.82) is 0 Å². The van der Waals surface area contributed by atoms with Crippen LogP contribution < -0.4 is 5.73 Å². The van der Waals surface area contributed by atoms with Crippen LogP contribution in [0.2, 0.25) is 0 Å². The van der Waals surface area contributed by atoms with Crippen LogP contribution in [0.4, 0.5) is 0 Å². The van der Waals surface area contributed by atoms with E-state index < -0.39 is 0 Å². The summed E-state index contributed by atoms with van der Waals surface area (Å²) in [5, 5.41) is 0. The maximum atomic E-state index is 12.2. The van der Waals surface area contributed by atoms with Gasteiger partial charge in [-0.25, -0.2) is 4.98 Å². The Hall–Kier alpha value is -1.36. The molecule has 2 atom stereocenters. The van der Waals surface area contributed by atoms with Gasteiger partial charge in [-0.05, 0) is 12.8 Å². The van der Waals surface area contributed by atoms with E-state index in [2.05, 4.69) is 4.98 Å². The number of nitrogens with two attached hydrogens (primary N) is 1. The molecule has 0 spiro atoms. The summed E-state index contributed by atoms with van der Waals surface area (Å²) in [5.41, 5.74) is 6.57. The van der Waals surface area contributed by atoms with Crippen molar-refractivity contribution in [2.75, 3.05) is 7.05 Å². The topological polar surface area (TPSA) is 64.2 Å². The van der Waals surface area contributed by atoms with E-state index in [-0.39, 0.29) is 18.0 Å². The second-order valence-corrected chi connectivity index (χ2v) is 4.86. The molecule has 1 saturated carbocycles. The summed E-state index contributed by atoms with van der Waals surface area (Å²) in [5.74, 6) is -0.0343. The normalized spacial score (nSPS) is 24.6. The summed E-state index contributed by atoms with van der Waals surface area (Å²) < 4.78 is 1.78. The molecule has 94 valence electrons. The first-order valence-electron chi connectivity index (χ1n) is 6.10. The Labute approximate surface area is 102 Å². The molecule has 17 heavy (non-hydrogen) atoms. The molecule has 2 rings (SSSR count). The van der Waals surface area contributed by atoms with Crippen LogP contribution in [0.1, 0.15) is 36.2 Å². The highest BCUT2D eigenvalue weighted by Gasteiger charge is 2.29. The van der Waals surface area contributed by atoms with E-state index in [1.54, 1.807) is 22.0 Å². The lowest BCUT2D eigenvalue weighted by Gasteiger charge is -2.35. The molecule has 1 aromatic heterocycles. The zero-order chi connectivity index (χ0) is 12.4. The van der Waals surface area contributed by atoms with Crippen LogP contribution in [0.25, 0.3) is 0 Å². The number of hydrogen-bond donors (Lipinski definition) is 1. The summed E-state index contributed by atoms with van der Waals surface area (Å²) in [6.45, 7) is 0. The quantitative estimate of drug-likeness (QED) is 0.824. The second kappa shape index (κ2) is 4.87. The predicted molar refractivity (Wildman–Crippen MR) is 65.5 cm³/mol. The van der Waals surface area contributed by atoms with Gasteiger partial charge in [-0.2, -0.15) is 0 Å². The minimum Gasteiger partial charge on any atom is -0.340 e. The zero-order valence-corrected chi connectivity index (χ0v) is 10.5. The van der Waals surface area contributed by atoms with Gasteiger partial charge in [0.15, 0.2) is 0 Å². The van der Waals surface area contributed by atoms with Crippen LogP contribution in [0.5, 0.6) is 0 Å². The van der Waals surface area contributed by atoms with Gasteiger partial charge < -0.3 is 15.2 Å².